The van der Waals surface area contributed by atoms with Gasteiger partial charge in [0.2, 0.25) is 0 Å². The number of aryl methyl sites for hydroxylation is 1. The topological polar surface area (TPSA) is 85.6 Å². The van der Waals surface area contributed by atoms with Crippen LogP contribution in [-0.4, -0.2) is 53.0 Å². The predicted octanol–water partition coefficient (Wildman–Crippen LogP) is 2.05. The van der Waals surface area contributed by atoms with Crippen molar-refractivity contribution in [1.82, 2.24) is 14.9 Å². The lowest BCUT2D eigenvalue weighted by Gasteiger charge is -2.28. The lowest BCUT2D eigenvalue weighted by atomic mass is 10.0. The predicted molar refractivity (Wildman–Crippen MR) is 109 cm³/mol. The molecule has 0 aliphatic carbocycles. The highest BCUT2D eigenvalue weighted by Crippen LogP contribution is 2.23. The van der Waals surface area contributed by atoms with Crippen LogP contribution >= 0.6 is 0 Å². The molecule has 0 spiro atoms. The second kappa shape index (κ2) is 8.23. The molecule has 0 radical (unpaired) electrons. The summed E-state index contributed by atoms with van der Waals surface area (Å²) in [5.41, 5.74) is 3.25. The second-order valence-electron chi connectivity index (χ2n) is 7.37. The molecule has 1 saturated heterocycles. The fraction of sp³-hybridized carbons (Fsp3) is 0.364. The van der Waals surface area contributed by atoms with Gasteiger partial charge in [0.25, 0.3) is 5.91 Å². The lowest BCUT2D eigenvalue weighted by Crippen LogP contribution is -2.48. The summed E-state index contributed by atoms with van der Waals surface area (Å²) in [6.45, 7) is 0.757. The quantitative estimate of drug-likeness (QED) is 0.691. The summed E-state index contributed by atoms with van der Waals surface area (Å²) in [5.74, 6) is 0.526. The van der Waals surface area contributed by atoms with Gasteiger partial charge in [0.05, 0.1) is 25.9 Å². The molecule has 1 amide bonds. The van der Waals surface area contributed by atoms with Gasteiger partial charge < -0.3 is 24.5 Å². The van der Waals surface area contributed by atoms with Gasteiger partial charge in [0.15, 0.2) is 0 Å². The molecule has 3 aromatic rings. The highest BCUT2D eigenvalue weighted by atomic mass is 16.5. The zero-order chi connectivity index (χ0) is 20.4. The molecule has 0 bridgehead atoms. The third kappa shape index (κ3) is 4.11. The summed E-state index contributed by atoms with van der Waals surface area (Å²) >= 11 is 0. The monoisotopic (exact) mass is 395 g/mol. The number of carbonyl (C=O) groups excluding carboxylic acids is 1. The first-order valence-electron chi connectivity index (χ1n) is 9.69. The number of pyridine rings is 1. The Morgan fingerprint density at radius 1 is 1.34 bits per heavy atom. The van der Waals surface area contributed by atoms with Crippen LogP contribution in [0.2, 0.25) is 0 Å². The number of hydrogen-bond donors (Lipinski definition) is 2. The molecule has 152 valence electrons. The standard InChI is InChI=1S/C22H25N3O4/c1-25-9-7-17-15(11-14-3-5-16(28-2)6-4-14)12-19(23-21(17)25)22(27)24-18-8-10-29-13-20(18)26/h3-7,9,12,18,20,26H,8,10-11,13H2,1-2H3,(H,24,27). The van der Waals surface area contributed by atoms with Gasteiger partial charge in [-0.2, -0.15) is 0 Å². The van der Waals surface area contributed by atoms with Crippen molar-refractivity contribution in [2.24, 2.45) is 7.05 Å². The summed E-state index contributed by atoms with van der Waals surface area (Å²) in [5, 5.41) is 14.0. The van der Waals surface area contributed by atoms with Crippen LogP contribution in [0.5, 0.6) is 5.75 Å². The zero-order valence-corrected chi connectivity index (χ0v) is 16.6. The van der Waals surface area contributed by atoms with Crippen LogP contribution in [0.25, 0.3) is 11.0 Å². The maximum absolute atomic E-state index is 12.9. The zero-order valence-electron chi connectivity index (χ0n) is 16.6. The minimum atomic E-state index is -0.703. The first-order chi connectivity index (χ1) is 14.0. The number of rotatable bonds is 5. The van der Waals surface area contributed by atoms with Gasteiger partial charge in [-0.3, -0.25) is 4.79 Å². The van der Waals surface area contributed by atoms with Crippen LogP contribution < -0.4 is 10.1 Å². The third-order valence-corrected chi connectivity index (χ3v) is 5.35. The summed E-state index contributed by atoms with van der Waals surface area (Å²) < 4.78 is 12.4. The molecule has 1 fully saturated rings. The van der Waals surface area contributed by atoms with E-state index in [0.29, 0.717) is 25.1 Å². The number of methoxy groups -OCH3 is 1. The number of hydrogen-bond acceptors (Lipinski definition) is 5. The Morgan fingerprint density at radius 2 is 2.14 bits per heavy atom. The Morgan fingerprint density at radius 3 is 2.86 bits per heavy atom. The third-order valence-electron chi connectivity index (χ3n) is 5.35. The second-order valence-corrected chi connectivity index (χ2v) is 7.37. The van der Waals surface area contributed by atoms with E-state index in [2.05, 4.69) is 10.3 Å². The van der Waals surface area contributed by atoms with E-state index in [-0.39, 0.29) is 18.6 Å². The number of benzene rings is 1. The number of aliphatic hydroxyl groups is 1. The van der Waals surface area contributed by atoms with Gasteiger partial charge in [-0.1, -0.05) is 12.1 Å². The van der Waals surface area contributed by atoms with E-state index in [1.54, 1.807) is 7.11 Å². The Balaban J connectivity index is 1.64. The number of amides is 1. The van der Waals surface area contributed by atoms with Gasteiger partial charge in [-0.15, -0.1) is 0 Å². The Kier molecular flexibility index (Phi) is 5.51. The molecule has 1 aromatic carbocycles. The molecule has 4 rings (SSSR count). The fourth-order valence-electron chi connectivity index (χ4n) is 3.66. The van der Waals surface area contributed by atoms with E-state index in [0.717, 1.165) is 27.9 Å². The van der Waals surface area contributed by atoms with E-state index in [1.807, 2.05) is 54.2 Å². The van der Waals surface area contributed by atoms with Gasteiger partial charge >= 0.3 is 0 Å². The highest BCUT2D eigenvalue weighted by molar-refractivity contribution is 5.95. The van der Waals surface area contributed by atoms with E-state index < -0.39 is 6.10 Å². The SMILES string of the molecule is COc1ccc(Cc2cc(C(=O)NC3CCOCC3O)nc3c2ccn3C)cc1. The minimum absolute atomic E-state index is 0.234. The minimum Gasteiger partial charge on any atom is -0.497 e. The summed E-state index contributed by atoms with van der Waals surface area (Å²) in [6.07, 6.45) is 2.50. The van der Waals surface area contributed by atoms with E-state index in [9.17, 15) is 9.90 Å². The average Bonchev–Trinajstić information content (AvgIpc) is 3.11. The van der Waals surface area contributed by atoms with Gasteiger partial charge in [0, 0.05) is 25.2 Å². The van der Waals surface area contributed by atoms with Crippen molar-refractivity contribution in [3.63, 3.8) is 0 Å². The number of nitrogens with zero attached hydrogens (tertiary/aromatic N) is 2. The number of aromatic nitrogens is 2. The molecule has 2 aromatic heterocycles. The summed E-state index contributed by atoms with van der Waals surface area (Å²) in [6, 6.07) is 11.4. The average molecular weight is 395 g/mol. The van der Waals surface area contributed by atoms with Crippen molar-refractivity contribution in [2.75, 3.05) is 20.3 Å². The fourth-order valence-corrected chi connectivity index (χ4v) is 3.66. The van der Waals surface area contributed by atoms with E-state index in [1.165, 1.54) is 0 Å². The lowest BCUT2D eigenvalue weighted by molar-refractivity contribution is -0.0261. The van der Waals surface area contributed by atoms with Crippen LogP contribution in [0, 0.1) is 0 Å². The Hall–Kier alpha value is -2.90. The first kappa shape index (κ1) is 19.4. The van der Waals surface area contributed by atoms with Crippen molar-refractivity contribution < 1.29 is 19.4 Å². The summed E-state index contributed by atoms with van der Waals surface area (Å²) in [4.78, 5) is 17.4. The smallest absolute Gasteiger partial charge is 0.270 e. The number of ether oxygens (including phenoxy) is 2. The van der Waals surface area contributed by atoms with Crippen LogP contribution in [0.15, 0.2) is 42.6 Å². The van der Waals surface area contributed by atoms with Gasteiger partial charge in [-0.25, -0.2) is 4.98 Å². The number of carbonyl (C=O) groups is 1. The van der Waals surface area contributed by atoms with E-state index >= 15 is 0 Å². The van der Waals surface area contributed by atoms with Gasteiger partial charge in [-0.05, 0) is 48.2 Å². The molecular formula is C22H25N3O4. The highest BCUT2D eigenvalue weighted by Gasteiger charge is 2.26. The molecule has 29 heavy (non-hydrogen) atoms. The number of fused-ring (bicyclic) bond motifs is 1. The molecule has 1 aliphatic heterocycles. The Bertz CT molecular complexity index is 1010. The van der Waals surface area contributed by atoms with Crippen LogP contribution in [0.4, 0.5) is 0 Å². The maximum atomic E-state index is 12.9. The van der Waals surface area contributed by atoms with Crippen LogP contribution in [-0.2, 0) is 18.2 Å². The van der Waals surface area contributed by atoms with Crippen molar-refractivity contribution in [1.29, 1.82) is 0 Å². The van der Waals surface area contributed by atoms with Crippen LogP contribution in [0.1, 0.15) is 28.0 Å². The molecule has 2 unspecified atom stereocenters. The number of nitrogens with one attached hydrogen (secondary N) is 1. The summed E-state index contributed by atoms with van der Waals surface area (Å²) in [7, 11) is 3.56. The van der Waals surface area contributed by atoms with Gasteiger partial charge in [0.1, 0.15) is 17.1 Å². The van der Waals surface area contributed by atoms with Crippen molar-refractivity contribution >= 4 is 16.9 Å². The van der Waals surface area contributed by atoms with E-state index in [4.69, 9.17) is 9.47 Å². The largest absolute Gasteiger partial charge is 0.497 e. The maximum Gasteiger partial charge on any atom is 0.270 e. The molecule has 2 atom stereocenters. The van der Waals surface area contributed by atoms with Crippen molar-refractivity contribution in [3.8, 4) is 5.75 Å². The normalized spacial score (nSPS) is 19.3. The molecule has 0 saturated carbocycles. The number of aliphatic hydroxyl groups excluding tert-OH is 1. The molecule has 1 aliphatic rings. The van der Waals surface area contributed by atoms with Crippen LogP contribution in [0.3, 0.4) is 0 Å². The molecule has 2 N–H and O–H groups in total. The molecular weight excluding hydrogens is 370 g/mol. The molecule has 7 heteroatoms. The Labute approximate surface area is 169 Å². The van der Waals surface area contributed by atoms with Crippen molar-refractivity contribution in [2.45, 2.75) is 25.0 Å². The first-order valence-corrected chi connectivity index (χ1v) is 9.69. The molecule has 7 nitrogen and oxygen atoms in total. The molecule has 3 heterocycles. The van der Waals surface area contributed by atoms with Crippen molar-refractivity contribution in [3.05, 3.63) is 59.4 Å².